The summed E-state index contributed by atoms with van der Waals surface area (Å²) in [5.74, 6) is -3.05. The lowest BCUT2D eigenvalue weighted by molar-refractivity contribution is -0.144. The monoisotopic (exact) mass is 797 g/mol. The van der Waals surface area contributed by atoms with Crippen molar-refractivity contribution in [3.8, 4) is 5.75 Å². The van der Waals surface area contributed by atoms with Crippen molar-refractivity contribution in [1.29, 1.82) is 0 Å². The topological polar surface area (TPSA) is 190 Å². The SMILES string of the molecule is O=C(O)[C@@H](Cc1cccc(CC(=O)N(CCNc2cccc(C[C@H](C(=O)O)[C@H]3CCNC3)c2)CCOc2cccc(C[C@H](C(=O)O)[C@H]3CCNC3)c2)c1)[C@H]1CCNC1. The Morgan fingerprint density at radius 3 is 1.64 bits per heavy atom. The van der Waals surface area contributed by atoms with Crippen LogP contribution in [0.3, 0.4) is 0 Å². The summed E-state index contributed by atoms with van der Waals surface area (Å²) in [7, 11) is 0. The first kappa shape index (κ1) is 42.6. The van der Waals surface area contributed by atoms with Crippen LogP contribution in [0.4, 0.5) is 5.69 Å². The number of rotatable bonds is 22. The van der Waals surface area contributed by atoms with Crippen molar-refractivity contribution in [3.05, 3.63) is 95.1 Å². The van der Waals surface area contributed by atoms with Gasteiger partial charge in [-0.2, -0.15) is 0 Å². The molecule has 1 amide bonds. The molecule has 3 fully saturated rings. The molecule has 13 nitrogen and oxygen atoms in total. The van der Waals surface area contributed by atoms with Crippen LogP contribution in [-0.4, -0.2) is 110 Å². The second-order valence-corrected chi connectivity index (χ2v) is 16.2. The molecular formula is C45H59N5O8. The third-order valence-electron chi connectivity index (χ3n) is 12.2. The van der Waals surface area contributed by atoms with Crippen molar-refractivity contribution in [3.63, 3.8) is 0 Å². The number of nitrogens with zero attached hydrogens (tertiary/aromatic N) is 1. The first-order valence-electron chi connectivity index (χ1n) is 20.8. The number of carboxylic acid groups (broad SMARTS) is 3. The summed E-state index contributed by atoms with van der Waals surface area (Å²) in [6, 6.07) is 23.0. The summed E-state index contributed by atoms with van der Waals surface area (Å²) in [6.07, 6.45) is 3.92. The molecule has 3 saturated heterocycles. The number of aliphatic carboxylic acids is 3. The highest BCUT2D eigenvalue weighted by molar-refractivity contribution is 5.79. The van der Waals surface area contributed by atoms with Crippen LogP contribution in [-0.2, 0) is 44.9 Å². The van der Waals surface area contributed by atoms with Gasteiger partial charge in [-0.05, 0) is 142 Å². The number of carbonyl (C=O) groups is 4. The maximum atomic E-state index is 14.0. The molecule has 6 atom stereocenters. The summed E-state index contributed by atoms with van der Waals surface area (Å²) >= 11 is 0. The molecular weight excluding hydrogens is 739 g/mol. The molecule has 3 aromatic rings. The highest BCUT2D eigenvalue weighted by Crippen LogP contribution is 2.27. The number of amides is 1. The van der Waals surface area contributed by atoms with Gasteiger partial charge in [0.1, 0.15) is 12.4 Å². The molecule has 3 aliphatic heterocycles. The Morgan fingerprint density at radius 1 is 0.638 bits per heavy atom. The second kappa shape index (κ2) is 21.1. The smallest absolute Gasteiger partial charge is 0.307 e. The van der Waals surface area contributed by atoms with Gasteiger partial charge in [0.2, 0.25) is 5.91 Å². The van der Waals surface area contributed by atoms with Crippen LogP contribution >= 0.6 is 0 Å². The Hall–Kier alpha value is -4.98. The van der Waals surface area contributed by atoms with Gasteiger partial charge in [0.25, 0.3) is 0 Å². The van der Waals surface area contributed by atoms with Gasteiger partial charge >= 0.3 is 17.9 Å². The van der Waals surface area contributed by atoms with Crippen molar-refractivity contribution in [2.24, 2.45) is 35.5 Å². The number of ether oxygens (including phenoxy) is 1. The molecule has 3 heterocycles. The van der Waals surface area contributed by atoms with Crippen LogP contribution in [0.5, 0.6) is 5.75 Å². The number of carboxylic acids is 3. The average molecular weight is 798 g/mol. The van der Waals surface area contributed by atoms with Crippen molar-refractivity contribution in [2.75, 3.05) is 70.8 Å². The van der Waals surface area contributed by atoms with Crippen molar-refractivity contribution >= 4 is 29.5 Å². The molecule has 0 saturated carbocycles. The second-order valence-electron chi connectivity index (χ2n) is 16.2. The molecule has 7 N–H and O–H groups in total. The summed E-state index contributed by atoms with van der Waals surface area (Å²) in [5.41, 5.74) is 4.38. The van der Waals surface area contributed by atoms with Crippen LogP contribution in [0.1, 0.15) is 41.5 Å². The summed E-state index contributed by atoms with van der Waals surface area (Å²) in [5, 5.41) is 43.1. The summed E-state index contributed by atoms with van der Waals surface area (Å²) < 4.78 is 6.17. The lowest BCUT2D eigenvalue weighted by atomic mass is 9.86. The predicted octanol–water partition coefficient (Wildman–Crippen LogP) is 3.81. The molecule has 13 heteroatoms. The van der Waals surface area contributed by atoms with Gasteiger partial charge in [-0.3, -0.25) is 19.2 Å². The van der Waals surface area contributed by atoms with E-state index in [4.69, 9.17) is 4.74 Å². The van der Waals surface area contributed by atoms with Gasteiger partial charge in [0.05, 0.1) is 30.7 Å². The fourth-order valence-corrected chi connectivity index (χ4v) is 8.88. The van der Waals surface area contributed by atoms with Crippen molar-refractivity contribution in [1.82, 2.24) is 20.9 Å². The number of nitrogens with one attached hydrogen (secondary N) is 4. The Bertz CT molecular complexity index is 1750. The minimum absolute atomic E-state index is 0.0681. The van der Waals surface area contributed by atoms with E-state index in [-0.39, 0.29) is 36.7 Å². The number of carbonyl (C=O) groups excluding carboxylic acids is 1. The van der Waals surface area contributed by atoms with Crippen LogP contribution in [0.15, 0.2) is 72.8 Å². The molecule has 312 valence electrons. The highest BCUT2D eigenvalue weighted by Gasteiger charge is 2.33. The van der Waals surface area contributed by atoms with Crippen molar-refractivity contribution < 1.29 is 39.2 Å². The standard InChI is InChI=1S/C45H59N5O8/c51-42(26-31-5-1-4-30(20-31)23-39(43(52)53)34-10-13-46-27-34)50(17-16-49-37-8-2-6-32(21-37)24-40(44(54)55)35-11-14-47-28-35)18-19-58-38-9-3-7-33(22-38)25-41(45(56)57)36-12-15-48-29-36/h1-9,20-22,34-36,39-41,46-49H,10-19,23-29H2,(H,52,53)(H,54,55)(H,56,57)/t34-,35-,36-,39-,40-,41-/m0/s1. The summed E-state index contributed by atoms with van der Waals surface area (Å²) in [4.78, 5) is 52.2. The molecule has 0 unspecified atom stereocenters. The van der Waals surface area contributed by atoms with E-state index in [0.29, 0.717) is 64.3 Å². The Balaban J connectivity index is 1.10. The van der Waals surface area contributed by atoms with Crippen molar-refractivity contribution in [2.45, 2.75) is 44.9 Å². The normalized spacial score (nSPS) is 20.6. The molecule has 58 heavy (non-hydrogen) atoms. The number of hydrogen-bond donors (Lipinski definition) is 7. The van der Waals surface area contributed by atoms with E-state index in [1.165, 1.54) is 0 Å². The van der Waals surface area contributed by atoms with Crippen LogP contribution in [0.2, 0.25) is 0 Å². The number of anilines is 1. The summed E-state index contributed by atoms with van der Waals surface area (Å²) in [6.45, 7) is 5.94. The quantitative estimate of drug-likeness (QED) is 0.0781. The van der Waals surface area contributed by atoms with E-state index in [1.54, 1.807) is 4.90 Å². The minimum Gasteiger partial charge on any atom is -0.492 e. The van der Waals surface area contributed by atoms with Crippen LogP contribution in [0.25, 0.3) is 0 Å². The predicted molar refractivity (Wildman–Crippen MR) is 221 cm³/mol. The maximum absolute atomic E-state index is 14.0. The van der Waals surface area contributed by atoms with Crippen LogP contribution < -0.4 is 26.0 Å². The van der Waals surface area contributed by atoms with Gasteiger partial charge in [-0.25, -0.2) is 0 Å². The first-order chi connectivity index (χ1) is 28.1. The van der Waals surface area contributed by atoms with E-state index in [1.807, 2.05) is 72.8 Å². The highest BCUT2D eigenvalue weighted by atomic mass is 16.5. The van der Waals surface area contributed by atoms with E-state index in [2.05, 4.69) is 21.3 Å². The fraction of sp³-hybridized carbons (Fsp3) is 0.511. The van der Waals surface area contributed by atoms with Gasteiger partial charge in [0, 0.05) is 18.8 Å². The minimum atomic E-state index is -0.800. The van der Waals surface area contributed by atoms with E-state index in [9.17, 15) is 34.5 Å². The lowest BCUT2D eigenvalue weighted by Crippen LogP contribution is -2.39. The largest absolute Gasteiger partial charge is 0.492 e. The maximum Gasteiger partial charge on any atom is 0.307 e. The first-order valence-corrected chi connectivity index (χ1v) is 20.8. The zero-order valence-electron chi connectivity index (χ0n) is 33.2. The molecule has 6 rings (SSSR count). The fourth-order valence-electron chi connectivity index (χ4n) is 8.88. The van der Waals surface area contributed by atoms with Gasteiger partial charge in [-0.15, -0.1) is 0 Å². The van der Waals surface area contributed by atoms with Gasteiger partial charge in [0.15, 0.2) is 0 Å². The lowest BCUT2D eigenvalue weighted by Gasteiger charge is -2.24. The Kier molecular flexibility index (Phi) is 15.5. The molecule has 0 aliphatic carbocycles. The zero-order chi connectivity index (χ0) is 40.9. The number of hydrogen-bond acceptors (Lipinski definition) is 9. The molecule has 0 aromatic heterocycles. The molecule has 0 spiro atoms. The van der Waals surface area contributed by atoms with E-state index in [0.717, 1.165) is 66.8 Å². The zero-order valence-corrected chi connectivity index (χ0v) is 33.2. The Labute approximate surface area is 340 Å². The average Bonchev–Trinajstić information content (AvgIpc) is 4.03. The molecule has 3 aromatic carbocycles. The van der Waals surface area contributed by atoms with Crippen LogP contribution in [0, 0.1) is 35.5 Å². The molecule has 0 bridgehead atoms. The van der Waals surface area contributed by atoms with Gasteiger partial charge in [-0.1, -0.05) is 48.5 Å². The molecule has 3 aliphatic rings. The third kappa shape index (κ3) is 12.3. The van der Waals surface area contributed by atoms with Gasteiger partial charge < -0.3 is 46.2 Å². The van der Waals surface area contributed by atoms with E-state index >= 15 is 0 Å². The Morgan fingerprint density at radius 2 is 1.12 bits per heavy atom. The molecule has 0 radical (unpaired) electrons. The number of benzene rings is 3. The third-order valence-corrected chi connectivity index (χ3v) is 12.2. The van der Waals surface area contributed by atoms with E-state index < -0.39 is 35.7 Å².